The van der Waals surface area contributed by atoms with Gasteiger partial charge in [0.25, 0.3) is 5.91 Å². The molecule has 12 heteroatoms. The molecule has 5 nitrogen and oxygen atoms in total. The normalized spacial score (nSPS) is 14.0. The van der Waals surface area contributed by atoms with Crippen molar-refractivity contribution >= 4 is 33.4 Å². The number of amides is 1. The van der Waals surface area contributed by atoms with E-state index in [4.69, 9.17) is 0 Å². The van der Waals surface area contributed by atoms with E-state index in [1.165, 1.54) is 13.0 Å². The first kappa shape index (κ1) is 23.5. The first-order valence-corrected chi connectivity index (χ1v) is 9.86. The molecule has 1 N–H and O–H groups in total. The average molecular weight is 476 g/mol. The van der Waals surface area contributed by atoms with Crippen LogP contribution in [0.15, 0.2) is 47.5 Å². The number of fused-ring (bicyclic) bond motifs is 1. The summed E-state index contributed by atoms with van der Waals surface area (Å²) in [6.45, 7) is 1.49. The van der Waals surface area contributed by atoms with E-state index in [-0.39, 0.29) is 21.4 Å². The number of benzene rings is 2. The summed E-state index contributed by atoms with van der Waals surface area (Å²) in [4.78, 5) is 27.6. The maximum absolute atomic E-state index is 13.5. The molecule has 0 saturated heterocycles. The number of hydrogen-bond donors (Lipinski definition) is 1. The molecule has 0 spiro atoms. The molecule has 0 fully saturated rings. The number of carbonyl (C=O) groups is 2. The zero-order valence-corrected chi connectivity index (χ0v) is 17.0. The van der Waals surface area contributed by atoms with Gasteiger partial charge < -0.3 is 9.67 Å². The van der Waals surface area contributed by atoms with Crippen molar-refractivity contribution in [1.29, 1.82) is 0 Å². The van der Waals surface area contributed by atoms with Gasteiger partial charge in [0, 0.05) is 5.56 Å². The average Bonchev–Trinajstić information content (AvgIpc) is 3.04. The van der Waals surface area contributed by atoms with E-state index in [0.717, 1.165) is 34.9 Å². The third kappa shape index (κ3) is 4.54. The topological polar surface area (TPSA) is 71.7 Å². The van der Waals surface area contributed by atoms with Crippen LogP contribution < -0.4 is 4.80 Å². The van der Waals surface area contributed by atoms with Gasteiger partial charge in [0.2, 0.25) is 0 Å². The molecule has 1 amide bonds. The van der Waals surface area contributed by atoms with Gasteiger partial charge in [0.1, 0.15) is 6.04 Å². The van der Waals surface area contributed by atoms with Crippen molar-refractivity contribution in [3.8, 4) is 0 Å². The van der Waals surface area contributed by atoms with Crippen molar-refractivity contribution < 1.29 is 41.0 Å². The van der Waals surface area contributed by atoms with Crippen LogP contribution in [0.3, 0.4) is 0 Å². The van der Waals surface area contributed by atoms with Gasteiger partial charge in [-0.1, -0.05) is 30.4 Å². The van der Waals surface area contributed by atoms with Crippen LogP contribution in [0.2, 0.25) is 0 Å². The number of nitrogens with zero attached hydrogens (tertiary/aromatic N) is 2. The molecular formula is C20H14F6N2O3S. The molecule has 1 unspecified atom stereocenters. The van der Waals surface area contributed by atoms with Gasteiger partial charge in [-0.15, -0.1) is 0 Å². The number of thiazole rings is 1. The van der Waals surface area contributed by atoms with E-state index in [1.807, 2.05) is 0 Å². The molecule has 0 bridgehead atoms. The summed E-state index contributed by atoms with van der Waals surface area (Å²) >= 11 is 0.441. The van der Waals surface area contributed by atoms with Crippen molar-refractivity contribution in [3.63, 3.8) is 0 Å². The first-order valence-electron chi connectivity index (χ1n) is 9.05. The number of carboxylic acids is 1. The smallest absolute Gasteiger partial charge is 0.417 e. The lowest BCUT2D eigenvalue weighted by molar-refractivity contribution is -0.141. The van der Waals surface area contributed by atoms with Gasteiger partial charge in [-0.05, 0) is 36.8 Å². The predicted molar refractivity (Wildman–Crippen MR) is 103 cm³/mol. The van der Waals surface area contributed by atoms with E-state index in [1.54, 1.807) is 0 Å². The molecule has 32 heavy (non-hydrogen) atoms. The van der Waals surface area contributed by atoms with Crippen molar-refractivity contribution in [2.45, 2.75) is 31.7 Å². The van der Waals surface area contributed by atoms with Crippen LogP contribution in [0.25, 0.3) is 10.2 Å². The Morgan fingerprint density at radius 1 is 1.06 bits per heavy atom. The highest BCUT2D eigenvalue weighted by Crippen LogP contribution is 2.37. The Labute approximate surface area is 180 Å². The first-order chi connectivity index (χ1) is 14.8. The van der Waals surface area contributed by atoms with Crippen LogP contribution in [-0.4, -0.2) is 21.6 Å². The second-order valence-electron chi connectivity index (χ2n) is 6.66. The number of carbonyl (C=O) groups excluding carboxylic acids is 1. The number of aromatic nitrogens is 1. The standard InChI is InChI=1S/C20H14F6N2O3S/c1-2-13(17(30)31)28-14-8-4-7-12(20(24,25)26)15(14)32-18(28)27-16(29)10-5-3-6-11(9-10)19(21,22)23/h3-9,13H,2H2,1H3,(H,30,31). The minimum atomic E-state index is -4.75. The fraction of sp³-hybridized carbons (Fsp3) is 0.250. The van der Waals surface area contributed by atoms with Crippen LogP contribution in [0.1, 0.15) is 40.9 Å². The minimum Gasteiger partial charge on any atom is -0.480 e. The maximum Gasteiger partial charge on any atom is 0.417 e. The molecule has 0 aliphatic rings. The summed E-state index contributed by atoms with van der Waals surface area (Å²) in [5, 5.41) is 9.55. The van der Waals surface area contributed by atoms with Crippen molar-refractivity contribution in [2.75, 3.05) is 0 Å². The molecule has 1 heterocycles. The monoisotopic (exact) mass is 476 g/mol. The highest BCUT2D eigenvalue weighted by atomic mass is 32.1. The number of alkyl halides is 6. The van der Waals surface area contributed by atoms with E-state index < -0.39 is 47.0 Å². The molecule has 2 aromatic carbocycles. The fourth-order valence-corrected chi connectivity index (χ4v) is 4.31. The molecule has 0 aliphatic carbocycles. The third-order valence-electron chi connectivity index (χ3n) is 4.58. The number of rotatable bonds is 4. The van der Waals surface area contributed by atoms with E-state index in [0.29, 0.717) is 17.4 Å². The number of aliphatic carboxylic acids is 1. The zero-order valence-electron chi connectivity index (χ0n) is 16.2. The molecule has 0 aliphatic heterocycles. The maximum atomic E-state index is 13.5. The van der Waals surface area contributed by atoms with Gasteiger partial charge in [-0.3, -0.25) is 4.79 Å². The summed E-state index contributed by atoms with van der Waals surface area (Å²) in [5.41, 5.74) is -2.68. The van der Waals surface area contributed by atoms with E-state index in [2.05, 4.69) is 4.99 Å². The summed E-state index contributed by atoms with van der Waals surface area (Å²) in [6, 6.07) is 5.22. The fourth-order valence-electron chi connectivity index (χ4n) is 3.11. The molecule has 0 radical (unpaired) electrons. The minimum absolute atomic E-state index is 0.0393. The highest BCUT2D eigenvalue weighted by molar-refractivity contribution is 7.16. The van der Waals surface area contributed by atoms with E-state index in [9.17, 15) is 41.0 Å². The van der Waals surface area contributed by atoms with Crippen LogP contribution in [-0.2, 0) is 17.1 Å². The molecule has 0 saturated carbocycles. The Bertz CT molecular complexity index is 1260. The second-order valence-corrected chi connectivity index (χ2v) is 7.64. The third-order valence-corrected chi connectivity index (χ3v) is 5.68. The number of carboxylic acid groups (broad SMARTS) is 1. The van der Waals surface area contributed by atoms with Crippen LogP contribution >= 0.6 is 11.3 Å². The van der Waals surface area contributed by atoms with Crippen LogP contribution in [0, 0.1) is 0 Å². The van der Waals surface area contributed by atoms with Crippen molar-refractivity contribution in [2.24, 2.45) is 4.99 Å². The SMILES string of the molecule is CCC(C(=O)O)n1c(=NC(=O)c2cccc(C(F)(F)F)c2)sc2c(C(F)(F)F)cccc21. The van der Waals surface area contributed by atoms with Gasteiger partial charge >= 0.3 is 18.3 Å². The van der Waals surface area contributed by atoms with E-state index >= 15 is 0 Å². The molecular weight excluding hydrogens is 462 g/mol. The summed E-state index contributed by atoms with van der Waals surface area (Å²) in [5.74, 6) is -2.51. The summed E-state index contributed by atoms with van der Waals surface area (Å²) in [7, 11) is 0. The molecule has 3 rings (SSSR count). The molecule has 3 aromatic rings. The van der Waals surface area contributed by atoms with Crippen molar-refractivity contribution in [1.82, 2.24) is 4.57 Å². The van der Waals surface area contributed by atoms with Crippen molar-refractivity contribution in [3.05, 3.63) is 64.0 Å². The Hall–Kier alpha value is -3.15. The van der Waals surface area contributed by atoms with Gasteiger partial charge in [0.15, 0.2) is 4.80 Å². The number of hydrogen-bond acceptors (Lipinski definition) is 3. The van der Waals surface area contributed by atoms with Gasteiger partial charge in [-0.25, -0.2) is 4.79 Å². The Kier molecular flexibility index (Phi) is 6.18. The lowest BCUT2D eigenvalue weighted by Crippen LogP contribution is -2.27. The lowest BCUT2D eigenvalue weighted by Gasteiger charge is -2.14. The van der Waals surface area contributed by atoms with Gasteiger partial charge in [-0.2, -0.15) is 31.3 Å². The molecule has 1 aromatic heterocycles. The second kappa shape index (κ2) is 8.41. The lowest BCUT2D eigenvalue weighted by atomic mass is 10.1. The zero-order chi connectivity index (χ0) is 23.8. The molecule has 170 valence electrons. The van der Waals surface area contributed by atoms with Crippen LogP contribution in [0.5, 0.6) is 0 Å². The quantitative estimate of drug-likeness (QED) is 0.505. The van der Waals surface area contributed by atoms with Crippen LogP contribution in [0.4, 0.5) is 26.3 Å². The number of halogens is 6. The Morgan fingerprint density at radius 2 is 1.72 bits per heavy atom. The summed E-state index contributed by atoms with van der Waals surface area (Å²) < 4.78 is 79.9. The van der Waals surface area contributed by atoms with Gasteiger partial charge in [0.05, 0.1) is 21.3 Å². The Morgan fingerprint density at radius 3 is 2.28 bits per heavy atom. The predicted octanol–water partition coefficient (Wildman–Crippen LogP) is 5.52. The largest absolute Gasteiger partial charge is 0.480 e. The Balaban J connectivity index is 2.28. The highest BCUT2D eigenvalue weighted by Gasteiger charge is 2.35. The molecule has 1 atom stereocenters. The summed E-state index contributed by atoms with van der Waals surface area (Å²) in [6.07, 6.45) is -9.51.